The number of nitrogens with one attached hydrogen (secondary N) is 1. The van der Waals surface area contributed by atoms with Gasteiger partial charge in [0.1, 0.15) is 0 Å². The molecule has 0 aliphatic carbocycles. The van der Waals surface area contributed by atoms with Crippen LogP contribution in [0.15, 0.2) is 6.20 Å². The fraction of sp³-hybridized carbons (Fsp3) is 0.714. The summed E-state index contributed by atoms with van der Waals surface area (Å²) in [7, 11) is -3.60. The monoisotopic (exact) mass is 315 g/mol. The number of carbonyl (C=O) groups excluding carboxylic acids is 1. The second kappa shape index (κ2) is 7.06. The first-order valence-corrected chi connectivity index (χ1v) is 8.93. The quantitative estimate of drug-likeness (QED) is 0.836. The van der Waals surface area contributed by atoms with Gasteiger partial charge in [-0.05, 0) is 25.2 Å². The number of aryl methyl sites for hydroxylation is 1. The van der Waals surface area contributed by atoms with Crippen LogP contribution in [0.1, 0.15) is 63.0 Å². The summed E-state index contributed by atoms with van der Waals surface area (Å²) in [5.41, 5.74) is 0.952. The van der Waals surface area contributed by atoms with E-state index in [1.54, 1.807) is 10.9 Å². The molecule has 0 atom stereocenters. The van der Waals surface area contributed by atoms with Gasteiger partial charge in [0, 0.05) is 12.7 Å². The number of carbonyl (C=O) groups is 1. The average Bonchev–Trinajstić information content (AvgIpc) is 2.80. The van der Waals surface area contributed by atoms with Gasteiger partial charge in [-0.2, -0.15) is 5.10 Å². The van der Waals surface area contributed by atoms with Crippen molar-refractivity contribution in [3.05, 3.63) is 17.5 Å². The van der Waals surface area contributed by atoms with Crippen LogP contribution in [0.25, 0.3) is 0 Å². The number of amides is 1. The molecule has 0 fully saturated rings. The lowest BCUT2D eigenvalue weighted by molar-refractivity contribution is 0.0980. The van der Waals surface area contributed by atoms with E-state index in [0.717, 1.165) is 0 Å². The molecule has 21 heavy (non-hydrogen) atoms. The highest BCUT2D eigenvalue weighted by molar-refractivity contribution is 7.90. The summed E-state index contributed by atoms with van der Waals surface area (Å²) in [5.74, 6) is -0.320. The molecule has 6 nitrogen and oxygen atoms in total. The molecular formula is C14H25N3O3S. The molecule has 7 heteroatoms. The highest BCUT2D eigenvalue weighted by atomic mass is 32.2. The zero-order valence-electron chi connectivity index (χ0n) is 13.4. The fourth-order valence-electron chi connectivity index (χ4n) is 1.84. The third-order valence-electron chi connectivity index (χ3n) is 3.12. The third-order valence-corrected chi connectivity index (χ3v) is 4.39. The highest BCUT2D eigenvalue weighted by Crippen LogP contribution is 2.18. The molecule has 1 aromatic rings. The summed E-state index contributed by atoms with van der Waals surface area (Å²) in [6.07, 6.45) is 2.12. The van der Waals surface area contributed by atoms with Crippen molar-refractivity contribution in [3.8, 4) is 0 Å². The van der Waals surface area contributed by atoms with E-state index in [0.29, 0.717) is 24.2 Å². The van der Waals surface area contributed by atoms with Crippen molar-refractivity contribution < 1.29 is 13.2 Å². The second-order valence-corrected chi connectivity index (χ2v) is 7.71. The topological polar surface area (TPSA) is 81.1 Å². The van der Waals surface area contributed by atoms with Crippen molar-refractivity contribution in [2.24, 2.45) is 5.92 Å². The van der Waals surface area contributed by atoms with Crippen molar-refractivity contribution in [3.63, 3.8) is 0 Å². The minimum absolute atomic E-state index is 0.0463. The second-order valence-electron chi connectivity index (χ2n) is 5.87. The van der Waals surface area contributed by atoms with E-state index in [9.17, 15) is 13.2 Å². The standard InChI is InChI=1S/C14H25N3O3S/c1-6-17-9-12(13(15-17)11(4)5)14(18)16-21(19,20)8-7-10(2)3/h9-11H,6-8H2,1-5H3,(H,16,18). The number of hydrogen-bond acceptors (Lipinski definition) is 4. The van der Waals surface area contributed by atoms with Gasteiger partial charge in [0.2, 0.25) is 10.0 Å². The van der Waals surface area contributed by atoms with E-state index in [1.807, 2.05) is 34.6 Å². The van der Waals surface area contributed by atoms with Crippen molar-refractivity contribution in [1.82, 2.24) is 14.5 Å². The predicted octanol–water partition coefficient (Wildman–Crippen LogP) is 2.13. The maximum Gasteiger partial charge on any atom is 0.268 e. The molecule has 0 saturated heterocycles. The SMILES string of the molecule is CCn1cc(C(=O)NS(=O)(=O)CCC(C)C)c(C(C)C)n1. The maximum absolute atomic E-state index is 12.2. The highest BCUT2D eigenvalue weighted by Gasteiger charge is 2.22. The maximum atomic E-state index is 12.2. The van der Waals surface area contributed by atoms with Gasteiger partial charge in [-0.3, -0.25) is 9.48 Å². The molecule has 0 saturated carbocycles. The first-order valence-electron chi connectivity index (χ1n) is 7.28. The van der Waals surface area contributed by atoms with E-state index in [2.05, 4.69) is 9.82 Å². The molecule has 0 aliphatic rings. The Balaban J connectivity index is 2.91. The number of aromatic nitrogens is 2. The molecule has 1 aromatic heterocycles. The molecule has 0 unspecified atom stereocenters. The van der Waals surface area contributed by atoms with Crippen molar-refractivity contribution in [2.45, 2.75) is 53.5 Å². The lowest BCUT2D eigenvalue weighted by Gasteiger charge is -2.09. The third kappa shape index (κ3) is 5.15. The zero-order valence-corrected chi connectivity index (χ0v) is 14.2. The molecule has 0 aliphatic heterocycles. The number of rotatable bonds is 7. The zero-order chi connectivity index (χ0) is 16.2. The van der Waals surface area contributed by atoms with Crippen molar-refractivity contribution in [1.29, 1.82) is 0 Å². The summed E-state index contributed by atoms with van der Waals surface area (Å²) < 4.78 is 27.6. The molecule has 1 heterocycles. The van der Waals surface area contributed by atoms with Crippen molar-refractivity contribution in [2.75, 3.05) is 5.75 Å². The Bertz CT molecular complexity index is 589. The first kappa shape index (κ1) is 17.7. The van der Waals surface area contributed by atoms with E-state index in [4.69, 9.17) is 0 Å². The lowest BCUT2D eigenvalue weighted by atomic mass is 10.1. The lowest BCUT2D eigenvalue weighted by Crippen LogP contribution is -2.33. The molecule has 0 radical (unpaired) electrons. The molecule has 0 bridgehead atoms. The van der Waals surface area contributed by atoms with Crippen molar-refractivity contribution >= 4 is 15.9 Å². The molecule has 0 spiro atoms. The number of nitrogens with zero attached hydrogens (tertiary/aromatic N) is 2. The first-order chi connectivity index (χ1) is 9.66. The van der Waals surface area contributed by atoms with E-state index < -0.39 is 15.9 Å². The summed E-state index contributed by atoms with van der Waals surface area (Å²) in [4.78, 5) is 12.2. The van der Waals surface area contributed by atoms with Crippen LogP contribution in [0.4, 0.5) is 0 Å². The van der Waals surface area contributed by atoms with E-state index in [1.165, 1.54) is 0 Å². The Morgan fingerprint density at radius 3 is 2.43 bits per heavy atom. The Kier molecular flexibility index (Phi) is 5.95. The summed E-state index contributed by atoms with van der Waals surface area (Å²) in [6.45, 7) is 10.3. The Morgan fingerprint density at radius 1 is 1.33 bits per heavy atom. The Hall–Kier alpha value is -1.37. The Labute approximate surface area is 127 Å². The minimum atomic E-state index is -3.60. The van der Waals surface area contributed by atoms with Crippen LogP contribution in [0.2, 0.25) is 0 Å². The molecular weight excluding hydrogens is 290 g/mol. The van der Waals surface area contributed by atoms with Gasteiger partial charge in [0.15, 0.2) is 0 Å². The van der Waals surface area contributed by atoms with Crippen LogP contribution < -0.4 is 4.72 Å². The smallest absolute Gasteiger partial charge is 0.268 e. The van der Waals surface area contributed by atoms with Gasteiger partial charge < -0.3 is 0 Å². The van der Waals surface area contributed by atoms with Crippen LogP contribution >= 0.6 is 0 Å². The molecule has 1 N–H and O–H groups in total. The van der Waals surface area contributed by atoms with Crippen LogP contribution in [0.3, 0.4) is 0 Å². The molecule has 120 valence electrons. The fourth-order valence-corrected chi connectivity index (χ4v) is 3.11. The van der Waals surface area contributed by atoms with Crippen LogP contribution in [-0.4, -0.2) is 29.9 Å². The van der Waals surface area contributed by atoms with Gasteiger partial charge in [0.25, 0.3) is 5.91 Å². The van der Waals surface area contributed by atoms with Crippen LogP contribution in [0, 0.1) is 5.92 Å². The number of sulfonamides is 1. The normalized spacial score (nSPS) is 12.1. The van der Waals surface area contributed by atoms with Gasteiger partial charge in [-0.25, -0.2) is 13.1 Å². The summed E-state index contributed by atoms with van der Waals surface area (Å²) in [6, 6.07) is 0. The van der Waals surface area contributed by atoms with E-state index >= 15 is 0 Å². The minimum Gasteiger partial charge on any atom is -0.272 e. The van der Waals surface area contributed by atoms with Crippen LogP contribution in [0.5, 0.6) is 0 Å². The Morgan fingerprint density at radius 2 is 1.95 bits per heavy atom. The van der Waals surface area contributed by atoms with E-state index in [-0.39, 0.29) is 17.6 Å². The van der Waals surface area contributed by atoms with Gasteiger partial charge >= 0.3 is 0 Å². The molecule has 0 aromatic carbocycles. The summed E-state index contributed by atoms with van der Waals surface area (Å²) in [5, 5.41) is 4.31. The van der Waals surface area contributed by atoms with Gasteiger partial charge in [-0.1, -0.05) is 27.7 Å². The molecule has 1 rings (SSSR count). The molecule has 1 amide bonds. The predicted molar refractivity (Wildman–Crippen MR) is 82.7 cm³/mol. The van der Waals surface area contributed by atoms with Gasteiger partial charge in [-0.15, -0.1) is 0 Å². The van der Waals surface area contributed by atoms with Gasteiger partial charge in [0.05, 0.1) is 17.0 Å². The van der Waals surface area contributed by atoms with Crippen LogP contribution in [-0.2, 0) is 16.6 Å². The summed E-state index contributed by atoms with van der Waals surface area (Å²) >= 11 is 0. The number of hydrogen-bond donors (Lipinski definition) is 1. The average molecular weight is 315 g/mol. The largest absolute Gasteiger partial charge is 0.272 e.